The fourth-order valence-electron chi connectivity index (χ4n) is 4.58. The number of carbonyl (C=O) groups is 1. The Morgan fingerprint density at radius 1 is 1.14 bits per heavy atom. The Balaban J connectivity index is 1.67. The first-order valence-corrected chi connectivity index (χ1v) is 11.6. The summed E-state index contributed by atoms with van der Waals surface area (Å²) in [6.45, 7) is 1.10. The Bertz CT molecular complexity index is 1370. The second-order valence-corrected chi connectivity index (χ2v) is 9.81. The van der Waals surface area contributed by atoms with Gasteiger partial charge in [0.25, 0.3) is 0 Å². The Labute approximate surface area is 210 Å². The maximum Gasteiger partial charge on any atom is 0.303 e. The Morgan fingerprint density at radius 3 is 2.43 bits per heavy atom. The van der Waals surface area contributed by atoms with Crippen molar-refractivity contribution in [2.75, 3.05) is 37.2 Å². The molecule has 3 aromatic rings. The molecular formula is C26H27F5N4O2. The average molecular weight is 523 g/mol. The van der Waals surface area contributed by atoms with E-state index in [2.05, 4.69) is 15.3 Å². The highest BCUT2D eigenvalue weighted by Crippen LogP contribution is 2.45. The molecule has 198 valence electrons. The molecule has 0 aliphatic carbocycles. The minimum Gasteiger partial charge on any atom is -0.384 e. The van der Waals surface area contributed by atoms with Crippen LogP contribution >= 0.6 is 0 Å². The number of halogens is 5. The first kappa shape index (κ1) is 26.7. The van der Waals surface area contributed by atoms with Crippen LogP contribution in [0.4, 0.5) is 33.5 Å². The monoisotopic (exact) mass is 522 g/mol. The van der Waals surface area contributed by atoms with Crippen molar-refractivity contribution in [2.45, 2.75) is 44.1 Å². The number of amides is 1. The Morgan fingerprint density at radius 2 is 1.81 bits per heavy atom. The summed E-state index contributed by atoms with van der Waals surface area (Å²) in [4.78, 5) is 22.6. The van der Waals surface area contributed by atoms with Gasteiger partial charge in [0.1, 0.15) is 41.8 Å². The van der Waals surface area contributed by atoms with Crippen molar-refractivity contribution >= 4 is 28.3 Å². The van der Waals surface area contributed by atoms with E-state index in [4.69, 9.17) is 0 Å². The highest BCUT2D eigenvalue weighted by atomic mass is 19.3. The van der Waals surface area contributed by atoms with Crippen LogP contribution in [-0.2, 0) is 22.6 Å². The van der Waals surface area contributed by atoms with E-state index < -0.39 is 47.6 Å². The third-order valence-electron chi connectivity index (χ3n) is 6.84. The molecular weight excluding hydrogens is 495 g/mol. The summed E-state index contributed by atoms with van der Waals surface area (Å²) in [6.07, 6.45) is -0.00276. The molecule has 0 saturated heterocycles. The van der Waals surface area contributed by atoms with Crippen molar-refractivity contribution in [3.63, 3.8) is 0 Å². The van der Waals surface area contributed by atoms with Gasteiger partial charge >= 0.3 is 5.92 Å². The van der Waals surface area contributed by atoms with Gasteiger partial charge < -0.3 is 15.3 Å². The summed E-state index contributed by atoms with van der Waals surface area (Å²) < 4.78 is 72.2. The second-order valence-electron chi connectivity index (χ2n) is 9.81. The third kappa shape index (κ3) is 4.18. The molecule has 0 unspecified atom stereocenters. The van der Waals surface area contributed by atoms with Gasteiger partial charge in [0.15, 0.2) is 0 Å². The molecule has 2 aromatic carbocycles. The Kier molecular flexibility index (Phi) is 6.64. The smallest absolute Gasteiger partial charge is 0.303 e. The number of aromatic nitrogens is 2. The predicted octanol–water partition coefficient (Wildman–Crippen LogP) is 4.75. The molecule has 11 heteroatoms. The van der Waals surface area contributed by atoms with Crippen LogP contribution in [-0.4, -0.2) is 53.5 Å². The number of anilines is 2. The summed E-state index contributed by atoms with van der Waals surface area (Å²) in [5.41, 5.74) is -4.35. The number of carbonyl (C=O) groups excluding carboxylic acids is 1. The van der Waals surface area contributed by atoms with Crippen LogP contribution in [0.5, 0.6) is 0 Å². The van der Waals surface area contributed by atoms with E-state index in [0.717, 1.165) is 19.9 Å². The van der Waals surface area contributed by atoms with Crippen LogP contribution in [0.1, 0.15) is 36.4 Å². The van der Waals surface area contributed by atoms with Crippen molar-refractivity contribution in [1.29, 1.82) is 0 Å². The summed E-state index contributed by atoms with van der Waals surface area (Å²) in [5, 5.41) is 13.3. The minimum absolute atomic E-state index is 0.00276. The Hall–Kier alpha value is -3.34. The van der Waals surface area contributed by atoms with Crippen molar-refractivity contribution in [3.05, 3.63) is 58.7 Å². The number of aryl methyl sites for hydroxylation is 1. The van der Waals surface area contributed by atoms with E-state index >= 15 is 0 Å². The lowest BCUT2D eigenvalue weighted by molar-refractivity contribution is -0.170. The van der Waals surface area contributed by atoms with Crippen LogP contribution in [0.2, 0.25) is 0 Å². The molecule has 2 N–H and O–H groups in total. The lowest BCUT2D eigenvalue weighted by Crippen LogP contribution is -2.42. The molecule has 37 heavy (non-hydrogen) atoms. The van der Waals surface area contributed by atoms with E-state index in [0.29, 0.717) is 22.4 Å². The zero-order valence-electron chi connectivity index (χ0n) is 20.8. The van der Waals surface area contributed by atoms with Crippen molar-refractivity contribution < 1.29 is 31.9 Å². The molecule has 0 radical (unpaired) electrons. The van der Waals surface area contributed by atoms with Crippen LogP contribution in [0.25, 0.3) is 10.9 Å². The molecule has 0 bridgehead atoms. The minimum atomic E-state index is -3.81. The van der Waals surface area contributed by atoms with Crippen LogP contribution < -0.4 is 10.2 Å². The zero-order chi connectivity index (χ0) is 27.3. The number of rotatable bonds is 8. The summed E-state index contributed by atoms with van der Waals surface area (Å²) in [7, 11) is 1.44. The number of likely N-dealkylation sites (N-methyl/N-ethyl adjacent to an activating group) is 1. The summed E-state index contributed by atoms with van der Waals surface area (Å²) in [5.74, 6) is -4.96. The first-order chi connectivity index (χ1) is 17.3. The second kappa shape index (κ2) is 9.20. The van der Waals surface area contributed by atoms with Gasteiger partial charge in [-0.05, 0) is 56.5 Å². The van der Waals surface area contributed by atoms with Gasteiger partial charge in [-0.3, -0.25) is 4.79 Å². The molecule has 6 nitrogen and oxygen atoms in total. The van der Waals surface area contributed by atoms with E-state index in [1.165, 1.54) is 30.1 Å². The quantitative estimate of drug-likeness (QED) is 0.418. The van der Waals surface area contributed by atoms with Gasteiger partial charge in [-0.15, -0.1) is 0 Å². The van der Waals surface area contributed by atoms with Gasteiger partial charge in [-0.1, -0.05) is 12.1 Å². The van der Waals surface area contributed by atoms with E-state index in [1.807, 2.05) is 0 Å². The largest absolute Gasteiger partial charge is 0.384 e. The SMILES string of the molecule is Cc1nc(NCCc2cccc(C(F)(F)C(C)(C)O)c2F)c2cc3c(cc2n1)N(C)C(=O)C3(CF)CF. The van der Waals surface area contributed by atoms with E-state index in [1.54, 1.807) is 13.0 Å². The average Bonchev–Trinajstić information content (AvgIpc) is 3.04. The fourth-order valence-corrected chi connectivity index (χ4v) is 4.58. The number of hydrogen-bond donors (Lipinski definition) is 2. The van der Waals surface area contributed by atoms with Crippen molar-refractivity contribution in [2.24, 2.45) is 0 Å². The van der Waals surface area contributed by atoms with Crippen molar-refractivity contribution in [1.82, 2.24) is 9.97 Å². The van der Waals surface area contributed by atoms with Gasteiger partial charge in [0.05, 0.1) is 11.1 Å². The maximum atomic E-state index is 15.0. The number of nitrogens with zero attached hydrogens (tertiary/aromatic N) is 3. The fraction of sp³-hybridized carbons (Fsp3) is 0.423. The molecule has 0 atom stereocenters. The molecule has 1 amide bonds. The lowest BCUT2D eigenvalue weighted by Gasteiger charge is -2.30. The van der Waals surface area contributed by atoms with Gasteiger partial charge in [0, 0.05) is 24.7 Å². The molecule has 1 aliphatic rings. The molecule has 0 spiro atoms. The standard InChI is InChI=1S/C26H27F5N4O2/c1-14-33-19-11-20-18(25(12-27,13-28)23(36)35(20)4)10-16(19)22(34-14)32-9-8-15-6-5-7-17(21(15)29)26(30,31)24(2,3)37/h5-7,10-11,37H,8-9,12-13H2,1-4H3,(H,32,33,34). The first-order valence-electron chi connectivity index (χ1n) is 11.6. The number of alkyl halides is 4. The summed E-state index contributed by atoms with van der Waals surface area (Å²) in [6, 6.07) is 6.65. The van der Waals surface area contributed by atoms with Crippen LogP contribution in [0.3, 0.4) is 0 Å². The van der Waals surface area contributed by atoms with Crippen LogP contribution in [0.15, 0.2) is 30.3 Å². The normalized spacial score (nSPS) is 15.4. The number of fused-ring (bicyclic) bond motifs is 2. The zero-order valence-corrected chi connectivity index (χ0v) is 20.8. The highest BCUT2D eigenvalue weighted by Gasteiger charge is 2.51. The number of hydrogen-bond acceptors (Lipinski definition) is 5. The lowest BCUT2D eigenvalue weighted by atomic mass is 9.83. The molecule has 1 aromatic heterocycles. The third-order valence-corrected chi connectivity index (χ3v) is 6.84. The summed E-state index contributed by atoms with van der Waals surface area (Å²) >= 11 is 0. The highest BCUT2D eigenvalue weighted by molar-refractivity contribution is 6.10. The van der Waals surface area contributed by atoms with Gasteiger partial charge in [0.2, 0.25) is 5.91 Å². The predicted molar refractivity (Wildman–Crippen MR) is 130 cm³/mol. The van der Waals surface area contributed by atoms with Gasteiger partial charge in [-0.2, -0.15) is 8.78 Å². The molecule has 1 aliphatic heterocycles. The molecule has 0 fully saturated rings. The molecule has 4 rings (SSSR count). The maximum absolute atomic E-state index is 15.0. The van der Waals surface area contributed by atoms with Crippen molar-refractivity contribution in [3.8, 4) is 0 Å². The van der Waals surface area contributed by atoms with Crippen LogP contribution in [0, 0.1) is 12.7 Å². The number of aliphatic hydroxyl groups is 1. The number of benzene rings is 2. The topological polar surface area (TPSA) is 78.4 Å². The van der Waals surface area contributed by atoms with Gasteiger partial charge in [-0.25, -0.2) is 23.1 Å². The van der Waals surface area contributed by atoms with E-state index in [-0.39, 0.29) is 29.9 Å². The van der Waals surface area contributed by atoms with E-state index in [9.17, 15) is 31.9 Å². The molecule has 0 saturated carbocycles. The number of nitrogens with one attached hydrogen (secondary N) is 1. The molecule has 2 heterocycles.